The summed E-state index contributed by atoms with van der Waals surface area (Å²) in [5.41, 5.74) is 4.12. The molecule has 1 N–H and O–H groups in total. The molecule has 0 bridgehead atoms. The van der Waals surface area contributed by atoms with Crippen molar-refractivity contribution in [2.75, 3.05) is 31.5 Å². The van der Waals surface area contributed by atoms with Crippen molar-refractivity contribution in [2.45, 2.75) is 12.8 Å². The number of nitrogens with zero attached hydrogens (tertiary/aromatic N) is 4. The smallest absolute Gasteiger partial charge is 0.158 e. The molecule has 1 aliphatic heterocycles. The van der Waals surface area contributed by atoms with E-state index in [2.05, 4.69) is 22.3 Å². The van der Waals surface area contributed by atoms with Crippen LogP contribution in [0.3, 0.4) is 0 Å². The first-order valence-electron chi connectivity index (χ1n) is 10.4. The van der Waals surface area contributed by atoms with Crippen molar-refractivity contribution in [1.82, 2.24) is 19.5 Å². The van der Waals surface area contributed by atoms with Crippen molar-refractivity contribution in [1.29, 1.82) is 0 Å². The van der Waals surface area contributed by atoms with Crippen molar-refractivity contribution >= 4 is 11.5 Å². The SMILES string of the molecule is Fc1cccc(-c2cc3nc(-c4ccccc4)cc(NCCN4CCCC4)n3n2)c1. The van der Waals surface area contributed by atoms with E-state index in [-0.39, 0.29) is 5.82 Å². The molecule has 1 saturated heterocycles. The van der Waals surface area contributed by atoms with E-state index in [9.17, 15) is 4.39 Å². The Bertz CT molecular complexity index is 1150. The largest absolute Gasteiger partial charge is 0.369 e. The van der Waals surface area contributed by atoms with E-state index in [1.54, 1.807) is 6.07 Å². The molecule has 0 amide bonds. The van der Waals surface area contributed by atoms with Crippen LogP contribution in [-0.2, 0) is 0 Å². The fourth-order valence-electron chi connectivity index (χ4n) is 3.99. The van der Waals surface area contributed by atoms with Crippen LogP contribution in [-0.4, -0.2) is 45.7 Å². The zero-order valence-corrected chi connectivity index (χ0v) is 16.8. The van der Waals surface area contributed by atoms with Crippen molar-refractivity contribution in [2.24, 2.45) is 0 Å². The molecule has 4 aromatic rings. The topological polar surface area (TPSA) is 45.5 Å². The summed E-state index contributed by atoms with van der Waals surface area (Å²) in [6.07, 6.45) is 2.57. The molecule has 0 radical (unpaired) electrons. The minimum absolute atomic E-state index is 0.272. The maximum absolute atomic E-state index is 13.7. The van der Waals surface area contributed by atoms with E-state index >= 15 is 0 Å². The Balaban J connectivity index is 1.52. The Morgan fingerprint density at radius 2 is 1.67 bits per heavy atom. The molecule has 6 heteroatoms. The lowest BCUT2D eigenvalue weighted by atomic mass is 10.1. The molecule has 0 unspecified atom stereocenters. The Hall–Kier alpha value is -3.25. The third kappa shape index (κ3) is 3.91. The lowest BCUT2D eigenvalue weighted by Gasteiger charge is -2.16. The van der Waals surface area contributed by atoms with Gasteiger partial charge in [0.15, 0.2) is 5.65 Å². The molecule has 30 heavy (non-hydrogen) atoms. The van der Waals surface area contributed by atoms with Crippen LogP contribution >= 0.6 is 0 Å². The van der Waals surface area contributed by atoms with Gasteiger partial charge in [-0.3, -0.25) is 0 Å². The normalized spacial score (nSPS) is 14.4. The molecule has 152 valence electrons. The quantitative estimate of drug-likeness (QED) is 0.508. The Morgan fingerprint density at radius 1 is 0.867 bits per heavy atom. The molecule has 5 nitrogen and oxygen atoms in total. The van der Waals surface area contributed by atoms with Gasteiger partial charge in [0.05, 0.1) is 11.4 Å². The Labute approximate surface area is 175 Å². The summed E-state index contributed by atoms with van der Waals surface area (Å²) in [5.74, 6) is 0.618. The fourth-order valence-corrected chi connectivity index (χ4v) is 3.99. The number of benzene rings is 2. The fraction of sp³-hybridized carbons (Fsp3) is 0.250. The molecular formula is C24H24FN5. The lowest BCUT2D eigenvalue weighted by Crippen LogP contribution is -2.26. The summed E-state index contributed by atoms with van der Waals surface area (Å²) in [6.45, 7) is 4.19. The molecule has 0 saturated carbocycles. The van der Waals surface area contributed by atoms with Gasteiger partial charge in [-0.15, -0.1) is 0 Å². The minimum atomic E-state index is -0.272. The zero-order chi connectivity index (χ0) is 20.3. The van der Waals surface area contributed by atoms with Crippen LogP contribution in [0, 0.1) is 5.82 Å². The first-order chi connectivity index (χ1) is 14.8. The molecule has 0 spiro atoms. The molecule has 2 aromatic heterocycles. The second-order valence-corrected chi connectivity index (χ2v) is 7.68. The van der Waals surface area contributed by atoms with Crippen LogP contribution in [0.15, 0.2) is 66.7 Å². The number of aromatic nitrogens is 3. The average molecular weight is 401 g/mol. The first-order valence-corrected chi connectivity index (χ1v) is 10.4. The standard InChI is InChI=1S/C24H24FN5/c25-20-10-6-9-19(15-20)22-17-24-27-21(18-7-2-1-3-8-18)16-23(30(24)28-22)26-11-14-29-12-4-5-13-29/h1-3,6-10,15-17,26H,4-5,11-14H2. The number of hydrogen-bond donors (Lipinski definition) is 1. The van der Waals surface area contributed by atoms with Crippen LogP contribution in [0.2, 0.25) is 0 Å². The summed E-state index contributed by atoms with van der Waals surface area (Å²) in [7, 11) is 0. The summed E-state index contributed by atoms with van der Waals surface area (Å²) in [4.78, 5) is 7.29. The molecule has 0 atom stereocenters. The molecule has 5 rings (SSSR count). The van der Waals surface area contributed by atoms with Gasteiger partial charge in [-0.05, 0) is 38.1 Å². The highest BCUT2D eigenvalue weighted by atomic mass is 19.1. The first kappa shape index (κ1) is 18.8. The van der Waals surface area contributed by atoms with E-state index in [1.807, 2.05) is 40.9 Å². The van der Waals surface area contributed by atoms with Gasteiger partial charge >= 0.3 is 0 Å². The number of anilines is 1. The van der Waals surface area contributed by atoms with Gasteiger partial charge in [-0.1, -0.05) is 42.5 Å². The average Bonchev–Trinajstić information content (AvgIpc) is 3.44. The van der Waals surface area contributed by atoms with E-state index in [4.69, 9.17) is 10.1 Å². The predicted octanol–water partition coefficient (Wildman–Crippen LogP) is 4.71. The maximum Gasteiger partial charge on any atom is 0.158 e. The number of likely N-dealkylation sites (tertiary alicyclic amines) is 1. The van der Waals surface area contributed by atoms with Crippen LogP contribution < -0.4 is 5.32 Å². The Morgan fingerprint density at radius 3 is 2.47 bits per heavy atom. The Kier molecular flexibility index (Phi) is 5.15. The van der Waals surface area contributed by atoms with Gasteiger partial charge in [-0.25, -0.2) is 9.37 Å². The summed E-state index contributed by atoms with van der Waals surface area (Å²) in [6, 6.07) is 20.6. The number of fused-ring (bicyclic) bond motifs is 1. The number of nitrogens with one attached hydrogen (secondary N) is 1. The van der Waals surface area contributed by atoms with Gasteiger partial charge in [0.1, 0.15) is 11.6 Å². The summed E-state index contributed by atoms with van der Waals surface area (Å²) >= 11 is 0. The van der Waals surface area contributed by atoms with Crippen LogP contribution in [0.1, 0.15) is 12.8 Å². The van der Waals surface area contributed by atoms with Gasteiger partial charge < -0.3 is 10.2 Å². The zero-order valence-electron chi connectivity index (χ0n) is 16.8. The second kappa shape index (κ2) is 8.24. The van der Waals surface area contributed by atoms with E-state index < -0.39 is 0 Å². The van der Waals surface area contributed by atoms with Crippen LogP contribution in [0.4, 0.5) is 10.2 Å². The molecule has 3 heterocycles. The number of hydrogen-bond acceptors (Lipinski definition) is 4. The van der Waals surface area contributed by atoms with Crippen molar-refractivity contribution in [3.8, 4) is 22.5 Å². The van der Waals surface area contributed by atoms with Gasteiger partial charge in [0.2, 0.25) is 0 Å². The molecule has 2 aromatic carbocycles. The lowest BCUT2D eigenvalue weighted by molar-refractivity contribution is 0.352. The highest BCUT2D eigenvalue weighted by Gasteiger charge is 2.14. The molecule has 0 aliphatic carbocycles. The van der Waals surface area contributed by atoms with E-state index in [0.717, 1.165) is 41.4 Å². The summed E-state index contributed by atoms with van der Waals surface area (Å²) < 4.78 is 15.5. The highest BCUT2D eigenvalue weighted by molar-refractivity contribution is 5.70. The van der Waals surface area contributed by atoms with Gasteiger partial charge in [0, 0.05) is 36.3 Å². The predicted molar refractivity (Wildman–Crippen MR) is 118 cm³/mol. The van der Waals surface area contributed by atoms with Crippen LogP contribution in [0.5, 0.6) is 0 Å². The van der Waals surface area contributed by atoms with Crippen molar-refractivity contribution in [3.63, 3.8) is 0 Å². The van der Waals surface area contributed by atoms with E-state index in [1.165, 1.54) is 38.1 Å². The number of rotatable bonds is 6. The monoisotopic (exact) mass is 401 g/mol. The van der Waals surface area contributed by atoms with Gasteiger partial charge in [0.25, 0.3) is 0 Å². The van der Waals surface area contributed by atoms with Gasteiger partial charge in [-0.2, -0.15) is 9.61 Å². The third-order valence-corrected chi connectivity index (χ3v) is 5.55. The van der Waals surface area contributed by atoms with Crippen molar-refractivity contribution < 1.29 is 4.39 Å². The van der Waals surface area contributed by atoms with E-state index in [0.29, 0.717) is 5.69 Å². The molecular weight excluding hydrogens is 377 g/mol. The third-order valence-electron chi connectivity index (χ3n) is 5.55. The van der Waals surface area contributed by atoms with Crippen LogP contribution in [0.25, 0.3) is 28.2 Å². The second-order valence-electron chi connectivity index (χ2n) is 7.68. The minimum Gasteiger partial charge on any atom is -0.369 e. The van der Waals surface area contributed by atoms with Crippen molar-refractivity contribution in [3.05, 3.63) is 72.5 Å². The number of halogens is 1. The maximum atomic E-state index is 13.7. The highest BCUT2D eigenvalue weighted by Crippen LogP contribution is 2.26. The molecule has 1 aliphatic rings. The molecule has 1 fully saturated rings. The summed E-state index contributed by atoms with van der Waals surface area (Å²) in [5, 5.41) is 8.27.